The van der Waals surface area contributed by atoms with E-state index in [0.717, 1.165) is 5.56 Å². The van der Waals surface area contributed by atoms with Gasteiger partial charge in [-0.1, -0.05) is 40.7 Å². The highest BCUT2D eigenvalue weighted by atomic mass is 16.3. The predicted molar refractivity (Wildman–Crippen MR) is 93.4 cm³/mol. The van der Waals surface area contributed by atoms with Gasteiger partial charge in [0.25, 0.3) is 0 Å². The van der Waals surface area contributed by atoms with Crippen LogP contribution in [0, 0.1) is 18.3 Å². The van der Waals surface area contributed by atoms with Gasteiger partial charge in [-0.05, 0) is 30.5 Å². The molecule has 3 N–H and O–H groups in total. The molecule has 0 radical (unpaired) electrons. The Balaban J connectivity index is 2.82. The minimum Gasteiger partial charge on any atom is -0.392 e. The van der Waals surface area contributed by atoms with Crippen LogP contribution in [0.1, 0.15) is 46.6 Å². The van der Waals surface area contributed by atoms with E-state index in [4.69, 9.17) is 0 Å². The quantitative estimate of drug-likeness (QED) is 0.778. The van der Waals surface area contributed by atoms with Gasteiger partial charge in [-0.3, -0.25) is 9.59 Å². The molecule has 1 rings (SSSR count). The Hall–Kier alpha value is -1.88. The van der Waals surface area contributed by atoms with Crippen LogP contribution in [0.4, 0.5) is 11.4 Å². The standard InChI is InChI=1S/C18H28N2O3/c1-11(2)15(21)10-16(22)20-14-9-13(8-7-12(14)3)19-17(23)18(4,5)6/h7-9,11,15,21H,10H2,1-6H3,(H,19,23)(H,20,22). The predicted octanol–water partition coefficient (Wildman–Crippen LogP) is 3.33. The minimum absolute atomic E-state index is 0.0271. The fourth-order valence-electron chi connectivity index (χ4n) is 1.78. The second kappa shape index (κ2) is 7.59. The van der Waals surface area contributed by atoms with E-state index in [0.29, 0.717) is 11.4 Å². The fraction of sp³-hybridized carbons (Fsp3) is 0.556. The first-order valence-corrected chi connectivity index (χ1v) is 7.90. The molecule has 5 nitrogen and oxygen atoms in total. The maximum atomic E-state index is 12.0. The highest BCUT2D eigenvalue weighted by Gasteiger charge is 2.21. The van der Waals surface area contributed by atoms with E-state index in [2.05, 4.69) is 10.6 Å². The van der Waals surface area contributed by atoms with Gasteiger partial charge in [0, 0.05) is 16.8 Å². The molecule has 0 spiro atoms. The van der Waals surface area contributed by atoms with Crippen molar-refractivity contribution >= 4 is 23.2 Å². The number of benzene rings is 1. The smallest absolute Gasteiger partial charge is 0.229 e. The first-order valence-electron chi connectivity index (χ1n) is 7.90. The lowest BCUT2D eigenvalue weighted by Crippen LogP contribution is -2.27. The molecule has 0 heterocycles. The van der Waals surface area contributed by atoms with Gasteiger partial charge in [0.05, 0.1) is 12.5 Å². The van der Waals surface area contributed by atoms with Gasteiger partial charge in [0.2, 0.25) is 11.8 Å². The number of aryl methyl sites for hydroxylation is 1. The Bertz CT molecular complexity index is 574. The lowest BCUT2D eigenvalue weighted by Gasteiger charge is -2.19. The number of rotatable bonds is 5. The van der Waals surface area contributed by atoms with Gasteiger partial charge in [0.15, 0.2) is 0 Å². The van der Waals surface area contributed by atoms with Gasteiger partial charge in [0.1, 0.15) is 0 Å². The van der Waals surface area contributed by atoms with Gasteiger partial charge in [-0.15, -0.1) is 0 Å². The Labute approximate surface area is 138 Å². The summed E-state index contributed by atoms with van der Waals surface area (Å²) in [5.41, 5.74) is 1.68. The third-order valence-electron chi connectivity index (χ3n) is 3.61. The molecule has 5 heteroatoms. The molecule has 1 aromatic rings. The Morgan fingerprint density at radius 3 is 2.30 bits per heavy atom. The topological polar surface area (TPSA) is 78.4 Å². The first kappa shape index (κ1) is 19.2. The van der Waals surface area contributed by atoms with Crippen LogP contribution in [0.2, 0.25) is 0 Å². The molecule has 23 heavy (non-hydrogen) atoms. The normalized spacial score (nSPS) is 12.9. The summed E-state index contributed by atoms with van der Waals surface area (Å²) in [7, 11) is 0. The number of anilines is 2. The summed E-state index contributed by atoms with van der Waals surface area (Å²) < 4.78 is 0. The average Bonchev–Trinajstić information content (AvgIpc) is 2.41. The zero-order chi connectivity index (χ0) is 17.8. The molecule has 1 atom stereocenters. The number of aliphatic hydroxyl groups excluding tert-OH is 1. The van der Waals surface area contributed by atoms with Gasteiger partial charge in [-0.25, -0.2) is 0 Å². The van der Waals surface area contributed by atoms with Crippen LogP contribution in [0.25, 0.3) is 0 Å². The van der Waals surface area contributed by atoms with E-state index in [-0.39, 0.29) is 24.2 Å². The third kappa shape index (κ3) is 6.02. The number of hydrogen-bond acceptors (Lipinski definition) is 3. The molecule has 0 saturated heterocycles. The van der Waals surface area contributed by atoms with Crippen molar-refractivity contribution in [3.63, 3.8) is 0 Å². The molecule has 0 bridgehead atoms. The van der Waals surface area contributed by atoms with Crippen molar-refractivity contribution in [2.24, 2.45) is 11.3 Å². The number of carbonyl (C=O) groups excluding carboxylic acids is 2. The molecular formula is C18H28N2O3. The lowest BCUT2D eigenvalue weighted by molar-refractivity contribution is -0.123. The van der Waals surface area contributed by atoms with Crippen molar-refractivity contribution in [1.82, 2.24) is 0 Å². The Morgan fingerprint density at radius 2 is 1.78 bits per heavy atom. The van der Waals surface area contributed by atoms with Gasteiger partial charge in [-0.2, -0.15) is 0 Å². The molecule has 0 aliphatic heterocycles. The van der Waals surface area contributed by atoms with Crippen LogP contribution in [-0.2, 0) is 9.59 Å². The molecule has 0 saturated carbocycles. The second-order valence-corrected chi connectivity index (χ2v) is 7.30. The van der Waals surface area contributed by atoms with Crippen molar-refractivity contribution in [3.05, 3.63) is 23.8 Å². The monoisotopic (exact) mass is 320 g/mol. The van der Waals surface area contributed by atoms with Gasteiger partial charge < -0.3 is 15.7 Å². The van der Waals surface area contributed by atoms with Crippen molar-refractivity contribution in [1.29, 1.82) is 0 Å². The zero-order valence-corrected chi connectivity index (χ0v) is 14.9. The molecule has 0 fully saturated rings. The van der Waals surface area contributed by atoms with Crippen LogP contribution in [-0.4, -0.2) is 23.0 Å². The maximum Gasteiger partial charge on any atom is 0.229 e. The Kier molecular flexibility index (Phi) is 6.33. The van der Waals surface area contributed by atoms with Crippen molar-refractivity contribution in [3.8, 4) is 0 Å². The third-order valence-corrected chi connectivity index (χ3v) is 3.61. The van der Waals surface area contributed by atoms with E-state index in [1.54, 1.807) is 12.1 Å². The summed E-state index contributed by atoms with van der Waals surface area (Å²) >= 11 is 0. The van der Waals surface area contributed by atoms with Gasteiger partial charge >= 0.3 is 0 Å². The number of amides is 2. The molecule has 2 amide bonds. The number of nitrogens with one attached hydrogen (secondary N) is 2. The van der Waals surface area contributed by atoms with E-state index >= 15 is 0 Å². The highest BCUT2D eigenvalue weighted by molar-refractivity contribution is 5.96. The number of hydrogen-bond donors (Lipinski definition) is 3. The Morgan fingerprint density at radius 1 is 1.17 bits per heavy atom. The number of carbonyl (C=O) groups is 2. The van der Waals surface area contributed by atoms with Crippen LogP contribution in [0.5, 0.6) is 0 Å². The van der Waals surface area contributed by atoms with Crippen LogP contribution < -0.4 is 10.6 Å². The maximum absolute atomic E-state index is 12.0. The molecule has 0 aromatic heterocycles. The van der Waals surface area contributed by atoms with Crippen LogP contribution in [0.3, 0.4) is 0 Å². The summed E-state index contributed by atoms with van der Waals surface area (Å²) in [4.78, 5) is 24.1. The van der Waals surface area contributed by atoms with Crippen molar-refractivity contribution < 1.29 is 14.7 Å². The van der Waals surface area contributed by atoms with Crippen molar-refractivity contribution in [2.45, 2.75) is 54.1 Å². The minimum atomic E-state index is -0.668. The second-order valence-electron chi connectivity index (χ2n) is 7.30. The molecule has 0 aliphatic carbocycles. The lowest BCUT2D eigenvalue weighted by atomic mass is 9.95. The largest absolute Gasteiger partial charge is 0.392 e. The summed E-state index contributed by atoms with van der Waals surface area (Å²) in [6.07, 6.45) is -0.616. The molecular weight excluding hydrogens is 292 g/mol. The summed E-state index contributed by atoms with van der Waals surface area (Å²) in [6, 6.07) is 5.38. The van der Waals surface area contributed by atoms with E-state index < -0.39 is 11.5 Å². The van der Waals surface area contributed by atoms with E-state index in [1.165, 1.54) is 0 Å². The SMILES string of the molecule is Cc1ccc(NC(=O)C(C)(C)C)cc1NC(=O)CC(O)C(C)C. The molecule has 0 aliphatic rings. The van der Waals surface area contributed by atoms with E-state index in [9.17, 15) is 14.7 Å². The fourth-order valence-corrected chi connectivity index (χ4v) is 1.78. The first-order chi connectivity index (χ1) is 10.5. The van der Waals surface area contributed by atoms with Crippen molar-refractivity contribution in [2.75, 3.05) is 10.6 Å². The highest BCUT2D eigenvalue weighted by Crippen LogP contribution is 2.23. The molecule has 128 valence electrons. The van der Waals surface area contributed by atoms with E-state index in [1.807, 2.05) is 47.6 Å². The summed E-state index contributed by atoms with van der Waals surface area (Å²) in [5, 5.41) is 15.4. The van der Waals surface area contributed by atoms with Crippen LogP contribution >= 0.6 is 0 Å². The molecule has 1 aromatic carbocycles. The number of aliphatic hydroxyl groups is 1. The van der Waals surface area contributed by atoms with Crippen LogP contribution in [0.15, 0.2) is 18.2 Å². The summed E-state index contributed by atoms with van der Waals surface area (Å²) in [6.45, 7) is 11.1. The average molecular weight is 320 g/mol. The zero-order valence-electron chi connectivity index (χ0n) is 14.9. The summed E-state index contributed by atoms with van der Waals surface area (Å²) in [5.74, 6) is -0.304. The molecule has 1 unspecified atom stereocenters.